The number of carbonyl (C=O) groups is 1. The van der Waals surface area contributed by atoms with E-state index in [1.807, 2.05) is 0 Å². The molecule has 27 heavy (non-hydrogen) atoms. The lowest BCUT2D eigenvalue weighted by Crippen LogP contribution is -2.38. The van der Waals surface area contributed by atoms with Gasteiger partial charge in [0.15, 0.2) is 17.4 Å². The first-order valence-corrected chi connectivity index (χ1v) is 8.94. The molecule has 0 aliphatic carbocycles. The second-order valence-electron chi connectivity index (χ2n) is 6.87. The summed E-state index contributed by atoms with van der Waals surface area (Å²) in [6.07, 6.45) is 1.72. The number of benzene rings is 2. The molecule has 6 heteroatoms. The van der Waals surface area contributed by atoms with Gasteiger partial charge in [-0.3, -0.25) is 9.69 Å². The first-order valence-electron chi connectivity index (χ1n) is 8.94. The van der Waals surface area contributed by atoms with Crippen molar-refractivity contribution in [2.45, 2.75) is 32.4 Å². The molecule has 1 aliphatic rings. The van der Waals surface area contributed by atoms with Crippen LogP contribution in [0.5, 0.6) is 0 Å². The van der Waals surface area contributed by atoms with Gasteiger partial charge in [0, 0.05) is 36.9 Å². The lowest BCUT2D eigenvalue weighted by Gasteiger charge is -2.33. The maximum atomic E-state index is 13.3. The van der Waals surface area contributed by atoms with Crippen molar-refractivity contribution in [1.29, 1.82) is 5.26 Å². The van der Waals surface area contributed by atoms with E-state index in [1.165, 1.54) is 13.0 Å². The van der Waals surface area contributed by atoms with Crippen molar-refractivity contribution in [3.05, 3.63) is 64.7 Å². The predicted molar refractivity (Wildman–Crippen MR) is 99.4 cm³/mol. The molecule has 0 spiro atoms. The summed E-state index contributed by atoms with van der Waals surface area (Å²) in [5, 5.41) is 12.5. The van der Waals surface area contributed by atoms with Crippen LogP contribution in [0, 0.1) is 23.0 Å². The highest BCUT2D eigenvalue weighted by atomic mass is 19.2. The monoisotopic (exact) mass is 369 g/mol. The van der Waals surface area contributed by atoms with Crippen LogP contribution in [0.3, 0.4) is 0 Å². The van der Waals surface area contributed by atoms with Gasteiger partial charge in [0.05, 0.1) is 11.6 Å². The fraction of sp³-hybridized carbons (Fsp3) is 0.333. The molecule has 2 aromatic rings. The van der Waals surface area contributed by atoms with Crippen molar-refractivity contribution in [1.82, 2.24) is 4.90 Å². The van der Waals surface area contributed by atoms with Gasteiger partial charge in [-0.05, 0) is 55.7 Å². The molecule has 1 saturated heterocycles. The minimum Gasteiger partial charge on any atom is -0.382 e. The number of hydrogen-bond donors (Lipinski definition) is 1. The molecule has 0 amide bonds. The van der Waals surface area contributed by atoms with E-state index in [-0.39, 0.29) is 11.8 Å². The van der Waals surface area contributed by atoms with Gasteiger partial charge in [0.2, 0.25) is 0 Å². The third-order valence-electron chi connectivity index (χ3n) is 4.87. The maximum absolute atomic E-state index is 13.3. The zero-order chi connectivity index (χ0) is 19.4. The Bertz CT molecular complexity index is 883. The van der Waals surface area contributed by atoms with E-state index in [9.17, 15) is 13.6 Å². The Hall–Kier alpha value is -2.78. The van der Waals surface area contributed by atoms with Crippen LogP contribution < -0.4 is 5.32 Å². The molecule has 3 rings (SSSR count). The van der Waals surface area contributed by atoms with Crippen LogP contribution in [0.25, 0.3) is 0 Å². The predicted octanol–water partition coefficient (Wildman–Crippen LogP) is 4.12. The molecule has 1 fully saturated rings. The molecule has 0 saturated carbocycles. The summed E-state index contributed by atoms with van der Waals surface area (Å²) in [6.45, 7) is 3.71. The molecular formula is C21H21F2N3O. The summed E-state index contributed by atoms with van der Waals surface area (Å²) in [5.74, 6) is -1.70. The number of hydrogen-bond acceptors (Lipinski definition) is 4. The zero-order valence-electron chi connectivity index (χ0n) is 15.1. The molecule has 0 unspecified atom stereocenters. The smallest absolute Gasteiger partial charge is 0.161 e. The molecule has 1 aliphatic heterocycles. The number of piperidine rings is 1. The van der Waals surface area contributed by atoms with E-state index < -0.39 is 11.6 Å². The lowest BCUT2D eigenvalue weighted by molar-refractivity contribution is 0.101. The van der Waals surface area contributed by atoms with Crippen LogP contribution >= 0.6 is 0 Å². The van der Waals surface area contributed by atoms with Gasteiger partial charge < -0.3 is 5.32 Å². The number of Topliss-reactive ketones (excluding diaryl/α,β-unsaturated/α-hetero) is 1. The van der Waals surface area contributed by atoms with Gasteiger partial charge in [0.1, 0.15) is 0 Å². The molecule has 4 nitrogen and oxygen atoms in total. The van der Waals surface area contributed by atoms with Crippen LogP contribution in [-0.4, -0.2) is 29.8 Å². The third-order valence-corrected chi connectivity index (χ3v) is 4.87. The Morgan fingerprint density at radius 3 is 2.56 bits per heavy atom. The van der Waals surface area contributed by atoms with Crippen LogP contribution in [0.2, 0.25) is 0 Å². The minimum atomic E-state index is -0.831. The number of ketones is 1. The summed E-state index contributed by atoms with van der Waals surface area (Å²) in [4.78, 5) is 14.0. The van der Waals surface area contributed by atoms with E-state index in [4.69, 9.17) is 5.26 Å². The highest BCUT2D eigenvalue weighted by Gasteiger charge is 2.21. The molecule has 0 radical (unpaired) electrons. The van der Waals surface area contributed by atoms with E-state index in [0.29, 0.717) is 23.4 Å². The summed E-state index contributed by atoms with van der Waals surface area (Å²) >= 11 is 0. The van der Waals surface area contributed by atoms with Crippen molar-refractivity contribution >= 4 is 11.5 Å². The van der Waals surface area contributed by atoms with Gasteiger partial charge in [-0.15, -0.1) is 0 Å². The second kappa shape index (κ2) is 8.28. The van der Waals surface area contributed by atoms with Crippen molar-refractivity contribution in [2.75, 3.05) is 18.4 Å². The summed E-state index contributed by atoms with van der Waals surface area (Å²) in [5.41, 5.74) is 2.54. The first kappa shape index (κ1) is 19.0. The second-order valence-corrected chi connectivity index (χ2v) is 6.87. The Balaban J connectivity index is 1.60. The number of nitriles is 1. The molecule has 0 bridgehead atoms. The normalized spacial score (nSPS) is 15.3. The third kappa shape index (κ3) is 4.69. The standard InChI is InChI=1S/C21H21F2N3O/c1-14(27)18-4-2-15(12-24)11-21(18)25-17-6-8-26(9-7-17)13-16-3-5-19(22)20(23)10-16/h2-5,10-11,17,25H,6-9,13H2,1H3. The topological polar surface area (TPSA) is 56.1 Å². The largest absolute Gasteiger partial charge is 0.382 e. The highest BCUT2D eigenvalue weighted by Crippen LogP contribution is 2.23. The maximum Gasteiger partial charge on any atom is 0.161 e. The Morgan fingerprint density at radius 1 is 1.19 bits per heavy atom. The van der Waals surface area contributed by atoms with E-state index in [1.54, 1.807) is 24.3 Å². The average Bonchev–Trinajstić information content (AvgIpc) is 2.66. The van der Waals surface area contributed by atoms with Crippen LogP contribution in [0.1, 0.15) is 41.3 Å². The van der Waals surface area contributed by atoms with Crippen LogP contribution in [0.4, 0.5) is 14.5 Å². The minimum absolute atomic E-state index is 0.0437. The van der Waals surface area contributed by atoms with Crippen LogP contribution in [-0.2, 0) is 6.54 Å². The van der Waals surface area contributed by atoms with E-state index in [2.05, 4.69) is 16.3 Å². The molecule has 140 valence electrons. The highest BCUT2D eigenvalue weighted by molar-refractivity contribution is 5.99. The van der Waals surface area contributed by atoms with E-state index in [0.717, 1.165) is 37.6 Å². The number of halogens is 2. The number of nitrogens with one attached hydrogen (secondary N) is 1. The van der Waals surface area contributed by atoms with Crippen LogP contribution in [0.15, 0.2) is 36.4 Å². The van der Waals surface area contributed by atoms with Gasteiger partial charge in [-0.25, -0.2) is 8.78 Å². The molecule has 0 atom stereocenters. The van der Waals surface area contributed by atoms with Crippen molar-refractivity contribution in [2.24, 2.45) is 0 Å². The van der Waals surface area contributed by atoms with Gasteiger partial charge in [-0.1, -0.05) is 6.07 Å². The molecule has 2 aromatic carbocycles. The summed E-state index contributed by atoms with van der Waals surface area (Å²) < 4.78 is 26.4. The van der Waals surface area contributed by atoms with Crippen molar-refractivity contribution in [3.8, 4) is 6.07 Å². The molecule has 1 heterocycles. The Morgan fingerprint density at radius 2 is 1.93 bits per heavy atom. The fourth-order valence-electron chi connectivity index (χ4n) is 3.39. The number of rotatable bonds is 5. The zero-order valence-corrected chi connectivity index (χ0v) is 15.1. The number of likely N-dealkylation sites (tertiary alicyclic amines) is 1. The molecular weight excluding hydrogens is 348 g/mol. The fourth-order valence-corrected chi connectivity index (χ4v) is 3.39. The number of nitrogens with zero attached hydrogens (tertiary/aromatic N) is 2. The summed E-state index contributed by atoms with van der Waals surface area (Å²) in [7, 11) is 0. The van der Waals surface area contributed by atoms with Gasteiger partial charge in [-0.2, -0.15) is 5.26 Å². The molecule has 0 aromatic heterocycles. The molecule has 1 N–H and O–H groups in total. The van der Waals surface area contributed by atoms with Gasteiger partial charge >= 0.3 is 0 Å². The van der Waals surface area contributed by atoms with E-state index >= 15 is 0 Å². The Kier molecular flexibility index (Phi) is 5.82. The first-order chi connectivity index (χ1) is 13.0. The lowest BCUT2D eigenvalue weighted by atomic mass is 10.0. The SMILES string of the molecule is CC(=O)c1ccc(C#N)cc1NC1CCN(Cc2ccc(F)c(F)c2)CC1. The summed E-state index contributed by atoms with van der Waals surface area (Å²) in [6, 6.07) is 11.3. The van der Waals surface area contributed by atoms with Crippen molar-refractivity contribution < 1.29 is 13.6 Å². The van der Waals surface area contributed by atoms with Crippen molar-refractivity contribution in [3.63, 3.8) is 0 Å². The number of anilines is 1. The quantitative estimate of drug-likeness (QED) is 0.806. The van der Waals surface area contributed by atoms with Gasteiger partial charge in [0.25, 0.3) is 0 Å². The number of carbonyl (C=O) groups excluding carboxylic acids is 1. The Labute approximate surface area is 157 Å². The average molecular weight is 369 g/mol.